The second kappa shape index (κ2) is 7.27. The van der Waals surface area contributed by atoms with Crippen LogP contribution in [0.4, 0.5) is 0 Å². The number of aryl methyl sites for hydroxylation is 1. The first kappa shape index (κ1) is 16.3. The van der Waals surface area contributed by atoms with Crippen LogP contribution in [0.1, 0.15) is 34.0 Å². The zero-order chi connectivity index (χ0) is 15.4. The Morgan fingerprint density at radius 3 is 2.71 bits per heavy atom. The van der Waals surface area contributed by atoms with E-state index in [0.29, 0.717) is 18.6 Å². The molecule has 4 heteroatoms. The summed E-state index contributed by atoms with van der Waals surface area (Å²) >= 11 is 8.53. The summed E-state index contributed by atoms with van der Waals surface area (Å²) in [5.41, 5.74) is 3.66. The molecule has 0 saturated heterocycles. The van der Waals surface area contributed by atoms with Gasteiger partial charge in [0, 0.05) is 15.0 Å². The standard InChI is InChI=1S/C17H16ClIO2/c1-3-21-17(20)14-6-4-5-11(2)15(14)9-12-7-8-13(19)10-16(12)18/h4-8,10H,3,9H2,1-2H3. The van der Waals surface area contributed by atoms with Crippen molar-refractivity contribution < 1.29 is 9.53 Å². The van der Waals surface area contributed by atoms with Crippen LogP contribution < -0.4 is 0 Å². The number of benzene rings is 2. The summed E-state index contributed by atoms with van der Waals surface area (Å²) in [5.74, 6) is -0.280. The number of halogens is 2. The first-order valence-corrected chi connectivity index (χ1v) is 8.18. The summed E-state index contributed by atoms with van der Waals surface area (Å²) in [7, 11) is 0. The van der Waals surface area contributed by atoms with Gasteiger partial charge in [-0.3, -0.25) is 0 Å². The van der Waals surface area contributed by atoms with Gasteiger partial charge in [0.1, 0.15) is 0 Å². The number of rotatable bonds is 4. The molecule has 0 spiro atoms. The average Bonchev–Trinajstić information content (AvgIpc) is 2.43. The summed E-state index contributed by atoms with van der Waals surface area (Å²) in [5, 5.41) is 0.722. The first-order chi connectivity index (χ1) is 10.0. The van der Waals surface area contributed by atoms with Crippen LogP contribution in [-0.4, -0.2) is 12.6 Å². The Labute approximate surface area is 143 Å². The third-order valence-electron chi connectivity index (χ3n) is 3.29. The summed E-state index contributed by atoms with van der Waals surface area (Å²) in [4.78, 5) is 12.1. The van der Waals surface area contributed by atoms with E-state index in [2.05, 4.69) is 22.6 Å². The molecule has 0 radical (unpaired) electrons. The minimum Gasteiger partial charge on any atom is -0.462 e. The van der Waals surface area contributed by atoms with Gasteiger partial charge in [-0.25, -0.2) is 4.79 Å². The molecule has 0 aromatic heterocycles. The number of ether oxygens (including phenoxy) is 1. The highest BCUT2D eigenvalue weighted by Crippen LogP contribution is 2.25. The van der Waals surface area contributed by atoms with Crippen LogP contribution in [0.3, 0.4) is 0 Å². The van der Waals surface area contributed by atoms with Crippen molar-refractivity contribution in [2.75, 3.05) is 6.61 Å². The highest BCUT2D eigenvalue weighted by Gasteiger charge is 2.15. The molecule has 0 fully saturated rings. The molecule has 2 aromatic rings. The van der Waals surface area contributed by atoms with Gasteiger partial charge >= 0.3 is 5.97 Å². The minimum absolute atomic E-state index is 0.280. The number of esters is 1. The van der Waals surface area contributed by atoms with E-state index in [1.807, 2.05) is 44.2 Å². The van der Waals surface area contributed by atoms with Crippen molar-refractivity contribution in [1.82, 2.24) is 0 Å². The zero-order valence-corrected chi connectivity index (χ0v) is 14.9. The van der Waals surface area contributed by atoms with Crippen LogP contribution in [0.5, 0.6) is 0 Å². The van der Waals surface area contributed by atoms with Crippen molar-refractivity contribution in [2.45, 2.75) is 20.3 Å². The first-order valence-electron chi connectivity index (χ1n) is 6.72. The predicted molar refractivity (Wildman–Crippen MR) is 94.1 cm³/mol. The second-order valence-corrected chi connectivity index (χ2v) is 6.39. The van der Waals surface area contributed by atoms with Crippen LogP contribution in [0.15, 0.2) is 36.4 Å². The lowest BCUT2D eigenvalue weighted by Gasteiger charge is -2.13. The molecule has 0 aliphatic carbocycles. The Hall–Kier alpha value is -1.07. The normalized spacial score (nSPS) is 10.5. The van der Waals surface area contributed by atoms with Gasteiger partial charge in [-0.2, -0.15) is 0 Å². The second-order valence-electron chi connectivity index (χ2n) is 4.73. The third-order valence-corrected chi connectivity index (χ3v) is 4.31. The maximum absolute atomic E-state index is 12.1. The Kier molecular flexibility index (Phi) is 5.65. The highest BCUT2D eigenvalue weighted by atomic mass is 127. The maximum Gasteiger partial charge on any atom is 0.338 e. The molecule has 0 N–H and O–H groups in total. The lowest BCUT2D eigenvalue weighted by molar-refractivity contribution is 0.0525. The van der Waals surface area contributed by atoms with E-state index in [1.165, 1.54) is 0 Å². The summed E-state index contributed by atoms with van der Waals surface area (Å²) in [6.45, 7) is 4.18. The molecule has 0 heterocycles. The third kappa shape index (κ3) is 3.98. The summed E-state index contributed by atoms with van der Waals surface area (Å²) < 4.78 is 6.23. The molecular weight excluding hydrogens is 399 g/mol. The molecule has 0 saturated carbocycles. The van der Waals surface area contributed by atoms with Gasteiger partial charge in [0.2, 0.25) is 0 Å². The highest BCUT2D eigenvalue weighted by molar-refractivity contribution is 14.1. The van der Waals surface area contributed by atoms with Crippen molar-refractivity contribution in [2.24, 2.45) is 0 Å². The molecule has 110 valence electrons. The van der Waals surface area contributed by atoms with Gasteiger partial charge in [-0.1, -0.05) is 29.8 Å². The molecule has 2 aromatic carbocycles. The average molecular weight is 415 g/mol. The maximum atomic E-state index is 12.1. The number of hydrogen-bond donors (Lipinski definition) is 0. The Morgan fingerprint density at radius 2 is 2.05 bits per heavy atom. The molecule has 0 bridgehead atoms. The number of carbonyl (C=O) groups is 1. The zero-order valence-electron chi connectivity index (χ0n) is 12.0. The van der Waals surface area contributed by atoms with E-state index in [9.17, 15) is 4.79 Å². The quantitative estimate of drug-likeness (QED) is 0.519. The van der Waals surface area contributed by atoms with Crippen molar-refractivity contribution in [3.8, 4) is 0 Å². The largest absolute Gasteiger partial charge is 0.462 e. The fourth-order valence-electron chi connectivity index (χ4n) is 2.19. The van der Waals surface area contributed by atoms with Crippen molar-refractivity contribution in [3.05, 3.63) is 67.2 Å². The van der Waals surface area contributed by atoms with E-state index in [-0.39, 0.29) is 5.97 Å². The van der Waals surface area contributed by atoms with Gasteiger partial charge in [0.25, 0.3) is 0 Å². The molecule has 0 amide bonds. The van der Waals surface area contributed by atoms with E-state index in [4.69, 9.17) is 16.3 Å². The van der Waals surface area contributed by atoms with E-state index in [0.717, 1.165) is 25.3 Å². The van der Waals surface area contributed by atoms with Gasteiger partial charge in [-0.15, -0.1) is 0 Å². The fourth-order valence-corrected chi connectivity index (χ4v) is 3.12. The predicted octanol–water partition coefficient (Wildman–Crippen LogP) is 5.02. The lowest BCUT2D eigenvalue weighted by Crippen LogP contribution is -2.10. The molecular formula is C17H16ClIO2. The smallest absolute Gasteiger partial charge is 0.338 e. The van der Waals surface area contributed by atoms with E-state index in [1.54, 1.807) is 6.07 Å². The Morgan fingerprint density at radius 1 is 1.29 bits per heavy atom. The van der Waals surface area contributed by atoms with Gasteiger partial charge < -0.3 is 4.74 Å². The Bertz CT molecular complexity index is 668. The van der Waals surface area contributed by atoms with Crippen LogP contribution in [0.25, 0.3) is 0 Å². The Balaban J connectivity index is 2.41. The molecule has 0 aliphatic heterocycles. The molecule has 0 unspecified atom stereocenters. The van der Waals surface area contributed by atoms with Crippen molar-refractivity contribution in [3.63, 3.8) is 0 Å². The lowest BCUT2D eigenvalue weighted by atomic mass is 9.95. The van der Waals surface area contributed by atoms with Gasteiger partial charge in [0.05, 0.1) is 12.2 Å². The molecule has 0 aliphatic rings. The SMILES string of the molecule is CCOC(=O)c1cccc(C)c1Cc1ccc(I)cc1Cl. The minimum atomic E-state index is -0.280. The molecule has 21 heavy (non-hydrogen) atoms. The van der Waals surface area contributed by atoms with Gasteiger partial charge in [0.15, 0.2) is 0 Å². The van der Waals surface area contributed by atoms with Crippen LogP contribution in [0, 0.1) is 10.5 Å². The van der Waals surface area contributed by atoms with Crippen molar-refractivity contribution >= 4 is 40.2 Å². The fraction of sp³-hybridized carbons (Fsp3) is 0.235. The van der Waals surface area contributed by atoms with Crippen molar-refractivity contribution in [1.29, 1.82) is 0 Å². The van der Waals surface area contributed by atoms with E-state index >= 15 is 0 Å². The number of hydrogen-bond acceptors (Lipinski definition) is 2. The monoisotopic (exact) mass is 414 g/mol. The van der Waals surface area contributed by atoms with Crippen LogP contribution in [-0.2, 0) is 11.2 Å². The topological polar surface area (TPSA) is 26.3 Å². The van der Waals surface area contributed by atoms with Crippen LogP contribution in [0.2, 0.25) is 5.02 Å². The molecule has 2 nitrogen and oxygen atoms in total. The van der Waals surface area contributed by atoms with Crippen LogP contribution >= 0.6 is 34.2 Å². The van der Waals surface area contributed by atoms with Gasteiger partial charge in [-0.05, 0) is 71.3 Å². The summed E-state index contributed by atoms with van der Waals surface area (Å²) in [6, 6.07) is 11.6. The summed E-state index contributed by atoms with van der Waals surface area (Å²) in [6.07, 6.45) is 0.622. The molecule has 0 atom stereocenters. The number of carbonyl (C=O) groups excluding carboxylic acids is 1. The molecule has 2 rings (SSSR count). The van der Waals surface area contributed by atoms with E-state index < -0.39 is 0 Å².